The third-order valence-corrected chi connectivity index (χ3v) is 2.88. The SMILES string of the molecule is NC(=O)CC[C@H](N)C(=O)CN[C@@H](C[SeH])C(=O)O. The Labute approximate surface area is 107 Å². The number of nitrogens with two attached hydrogens (primary N) is 2. The number of hydrogen-bond donors (Lipinski definition) is 4. The van der Waals surface area contributed by atoms with Gasteiger partial charge in [-0.25, -0.2) is 0 Å². The molecule has 0 radical (unpaired) electrons. The Hall–Kier alpha value is -0.951. The van der Waals surface area contributed by atoms with E-state index in [-0.39, 0.29) is 25.2 Å². The van der Waals surface area contributed by atoms with Crippen LogP contribution < -0.4 is 16.8 Å². The van der Waals surface area contributed by atoms with Gasteiger partial charge in [0.2, 0.25) is 0 Å². The number of hydrogen-bond acceptors (Lipinski definition) is 5. The number of nitrogens with one attached hydrogen (secondary N) is 1. The van der Waals surface area contributed by atoms with Crippen molar-refractivity contribution in [2.75, 3.05) is 6.54 Å². The number of carbonyl (C=O) groups excluding carboxylic acids is 2. The first-order chi connectivity index (χ1) is 7.88. The van der Waals surface area contributed by atoms with E-state index in [0.717, 1.165) is 0 Å². The number of aliphatic carboxylic acids is 1. The van der Waals surface area contributed by atoms with Crippen molar-refractivity contribution in [2.45, 2.75) is 30.2 Å². The van der Waals surface area contributed by atoms with Crippen molar-refractivity contribution in [2.24, 2.45) is 11.5 Å². The summed E-state index contributed by atoms with van der Waals surface area (Å²) in [6.07, 6.45) is 0.218. The number of carboxylic acids is 1. The van der Waals surface area contributed by atoms with Crippen molar-refractivity contribution < 1.29 is 19.5 Å². The average molecular weight is 310 g/mol. The second-order valence-corrected chi connectivity index (χ2v) is 4.30. The number of rotatable bonds is 9. The zero-order valence-electron chi connectivity index (χ0n) is 9.26. The van der Waals surface area contributed by atoms with Gasteiger partial charge in [0.05, 0.1) is 0 Å². The molecular weight excluding hydrogens is 293 g/mol. The summed E-state index contributed by atoms with van der Waals surface area (Å²) >= 11 is 2.13. The first-order valence-corrected chi connectivity index (χ1v) is 6.34. The van der Waals surface area contributed by atoms with E-state index in [1.165, 1.54) is 0 Å². The molecule has 98 valence electrons. The third-order valence-electron chi connectivity index (χ3n) is 2.12. The Morgan fingerprint density at radius 3 is 2.35 bits per heavy atom. The van der Waals surface area contributed by atoms with Crippen LogP contribution in [-0.2, 0) is 14.4 Å². The van der Waals surface area contributed by atoms with Crippen LogP contribution in [0.1, 0.15) is 12.8 Å². The molecule has 0 aliphatic rings. The normalized spacial score (nSPS) is 14.0. The van der Waals surface area contributed by atoms with Crippen LogP contribution in [-0.4, -0.2) is 57.4 Å². The third kappa shape index (κ3) is 7.06. The summed E-state index contributed by atoms with van der Waals surface area (Å²) < 4.78 is 0. The second-order valence-electron chi connectivity index (χ2n) is 3.53. The molecule has 0 heterocycles. The van der Waals surface area contributed by atoms with E-state index in [2.05, 4.69) is 21.3 Å². The van der Waals surface area contributed by atoms with Gasteiger partial charge in [0.1, 0.15) is 0 Å². The minimum absolute atomic E-state index is 0.0416. The fraction of sp³-hybridized carbons (Fsp3) is 0.667. The van der Waals surface area contributed by atoms with Gasteiger partial charge in [-0.3, -0.25) is 0 Å². The summed E-state index contributed by atoms with van der Waals surface area (Å²) in [6.45, 7) is -0.130. The van der Waals surface area contributed by atoms with Crippen molar-refractivity contribution in [1.82, 2.24) is 5.32 Å². The maximum absolute atomic E-state index is 11.5. The Morgan fingerprint density at radius 1 is 1.35 bits per heavy atom. The standard InChI is InChI=1S/C9H17N3O4Se/c10-5(1-2-8(11)14)7(13)3-12-6(4-17)9(15)16/h5-6,12,17H,1-4,10H2,(H2,11,14)(H,15,16)/t5-,6-/m0/s1. The fourth-order valence-corrected chi connectivity index (χ4v) is 1.64. The number of Topliss-reactive ketones (excluding diaryl/α,β-unsaturated/α-hetero) is 1. The molecule has 2 atom stereocenters. The molecule has 0 aliphatic carbocycles. The zero-order valence-corrected chi connectivity index (χ0v) is 11.1. The van der Waals surface area contributed by atoms with Crippen LogP contribution in [0.4, 0.5) is 0 Å². The van der Waals surface area contributed by atoms with Crippen molar-refractivity contribution in [3.8, 4) is 0 Å². The molecule has 6 N–H and O–H groups in total. The molecule has 0 aromatic carbocycles. The molecule has 7 nitrogen and oxygen atoms in total. The van der Waals surface area contributed by atoms with Gasteiger partial charge in [0.15, 0.2) is 0 Å². The number of primary amides is 1. The molecule has 0 saturated heterocycles. The van der Waals surface area contributed by atoms with Crippen LogP contribution in [0.2, 0.25) is 5.32 Å². The zero-order chi connectivity index (χ0) is 13.4. The summed E-state index contributed by atoms with van der Waals surface area (Å²) in [6, 6.07) is -1.59. The Bertz CT molecular complexity index is 298. The van der Waals surface area contributed by atoms with Crippen molar-refractivity contribution >= 4 is 33.7 Å². The molecule has 0 aliphatic heterocycles. The van der Waals surface area contributed by atoms with Gasteiger partial charge in [-0.15, -0.1) is 0 Å². The van der Waals surface area contributed by atoms with Crippen LogP contribution in [0.25, 0.3) is 0 Å². The Kier molecular flexibility index (Phi) is 7.73. The monoisotopic (exact) mass is 311 g/mol. The van der Waals surface area contributed by atoms with E-state index in [1.54, 1.807) is 0 Å². The predicted octanol–water partition coefficient (Wildman–Crippen LogP) is -2.49. The van der Waals surface area contributed by atoms with Gasteiger partial charge in [-0.1, -0.05) is 0 Å². The van der Waals surface area contributed by atoms with Crippen LogP contribution >= 0.6 is 0 Å². The molecule has 0 aromatic rings. The summed E-state index contributed by atoms with van der Waals surface area (Å²) in [7, 11) is 0. The first kappa shape index (κ1) is 16.0. The molecule has 0 saturated carbocycles. The van der Waals surface area contributed by atoms with Crippen LogP contribution in [0.3, 0.4) is 0 Å². The minimum atomic E-state index is -1.02. The molecule has 17 heavy (non-hydrogen) atoms. The maximum atomic E-state index is 11.5. The molecule has 0 spiro atoms. The van der Waals surface area contributed by atoms with E-state index in [4.69, 9.17) is 16.6 Å². The molecular formula is C9H17N3O4Se. The van der Waals surface area contributed by atoms with Gasteiger partial charge in [0.25, 0.3) is 0 Å². The van der Waals surface area contributed by atoms with Gasteiger partial charge >= 0.3 is 107 Å². The molecule has 1 amide bonds. The number of carbonyl (C=O) groups is 3. The molecule has 0 unspecified atom stereocenters. The average Bonchev–Trinajstić information content (AvgIpc) is 2.25. The van der Waals surface area contributed by atoms with E-state index in [9.17, 15) is 14.4 Å². The van der Waals surface area contributed by atoms with Crippen molar-refractivity contribution in [1.29, 1.82) is 0 Å². The van der Waals surface area contributed by atoms with E-state index >= 15 is 0 Å². The van der Waals surface area contributed by atoms with Gasteiger partial charge in [0, 0.05) is 0 Å². The summed E-state index contributed by atoms with van der Waals surface area (Å²) in [5.74, 6) is -1.88. The van der Waals surface area contributed by atoms with Crippen LogP contribution in [0.5, 0.6) is 0 Å². The second kappa shape index (κ2) is 8.19. The molecule has 0 bridgehead atoms. The van der Waals surface area contributed by atoms with E-state index < -0.39 is 24.0 Å². The molecule has 0 fully saturated rings. The molecule has 8 heteroatoms. The Balaban J connectivity index is 3.99. The molecule has 0 rings (SSSR count). The number of amides is 1. The summed E-state index contributed by atoms with van der Waals surface area (Å²) in [5.41, 5.74) is 10.4. The number of ketones is 1. The first-order valence-electron chi connectivity index (χ1n) is 5.02. The molecule has 0 aromatic heterocycles. The van der Waals surface area contributed by atoms with Gasteiger partial charge in [-0.2, -0.15) is 0 Å². The quantitative estimate of drug-likeness (QED) is 0.348. The van der Waals surface area contributed by atoms with Crippen molar-refractivity contribution in [3.05, 3.63) is 0 Å². The topological polar surface area (TPSA) is 136 Å². The van der Waals surface area contributed by atoms with Gasteiger partial charge < -0.3 is 0 Å². The fourth-order valence-electron chi connectivity index (χ4n) is 1.04. The van der Waals surface area contributed by atoms with E-state index in [1.807, 2.05) is 0 Å². The van der Waals surface area contributed by atoms with Crippen LogP contribution in [0, 0.1) is 0 Å². The summed E-state index contributed by atoms with van der Waals surface area (Å²) in [4.78, 5) is 32.6. The number of carboxylic acid groups (broad SMARTS) is 1. The van der Waals surface area contributed by atoms with Crippen LogP contribution in [0.15, 0.2) is 0 Å². The van der Waals surface area contributed by atoms with E-state index in [0.29, 0.717) is 5.32 Å². The van der Waals surface area contributed by atoms with Gasteiger partial charge in [-0.05, 0) is 0 Å². The summed E-state index contributed by atoms with van der Waals surface area (Å²) in [5, 5.41) is 11.6. The predicted molar refractivity (Wildman–Crippen MR) is 62.8 cm³/mol. The van der Waals surface area contributed by atoms with Crippen molar-refractivity contribution in [3.63, 3.8) is 0 Å². The Morgan fingerprint density at radius 2 is 1.94 bits per heavy atom.